The number of likely N-dealkylation sites (N-methyl/N-ethyl adjacent to an activating group) is 1. The second-order valence-corrected chi connectivity index (χ2v) is 7.53. The molecule has 0 unspecified atom stereocenters. The van der Waals surface area contributed by atoms with Crippen molar-refractivity contribution in [2.45, 2.75) is 31.6 Å². The molecule has 5 heteroatoms. The van der Waals surface area contributed by atoms with Crippen LogP contribution in [0.4, 0.5) is 5.82 Å². The van der Waals surface area contributed by atoms with Crippen LogP contribution in [0.5, 0.6) is 0 Å². The van der Waals surface area contributed by atoms with Gasteiger partial charge in [0.15, 0.2) is 0 Å². The van der Waals surface area contributed by atoms with Gasteiger partial charge in [0.05, 0.1) is 6.54 Å². The molecular weight excluding hydrogens is 326 g/mol. The topological polar surface area (TPSA) is 62.3 Å². The second kappa shape index (κ2) is 6.24. The Kier molecular flexibility index (Phi) is 4.02. The summed E-state index contributed by atoms with van der Waals surface area (Å²) >= 11 is 0. The molecule has 2 aromatic rings. The highest BCUT2D eigenvalue weighted by atomic mass is 16.2. The summed E-state index contributed by atoms with van der Waals surface area (Å²) < 4.78 is 0. The number of pyridine rings is 1. The molecule has 0 radical (unpaired) electrons. The first-order valence-corrected chi connectivity index (χ1v) is 9.05. The number of rotatable bonds is 4. The predicted octanol–water partition coefficient (Wildman–Crippen LogP) is 2.69. The van der Waals surface area contributed by atoms with Crippen molar-refractivity contribution in [3.05, 3.63) is 59.3 Å². The minimum atomic E-state index is -0.223. The SMILES string of the molecule is Cc1ccc(NC(=O)CN(C)C(=O)[C@@H]2C[C@@]23CCc2ccccc23)nc1. The number of benzene rings is 1. The summed E-state index contributed by atoms with van der Waals surface area (Å²) in [6.07, 6.45) is 4.68. The van der Waals surface area contributed by atoms with Crippen molar-refractivity contribution in [3.63, 3.8) is 0 Å². The van der Waals surface area contributed by atoms with Gasteiger partial charge < -0.3 is 10.2 Å². The lowest BCUT2D eigenvalue weighted by Gasteiger charge is -2.19. The maximum absolute atomic E-state index is 12.8. The first-order valence-electron chi connectivity index (χ1n) is 9.05. The molecule has 0 aliphatic heterocycles. The Morgan fingerprint density at radius 2 is 2.08 bits per heavy atom. The maximum Gasteiger partial charge on any atom is 0.245 e. The van der Waals surface area contributed by atoms with Gasteiger partial charge in [0.2, 0.25) is 11.8 Å². The fourth-order valence-corrected chi connectivity index (χ4v) is 4.20. The molecule has 26 heavy (non-hydrogen) atoms. The monoisotopic (exact) mass is 349 g/mol. The number of carbonyl (C=O) groups excluding carboxylic acids is 2. The Morgan fingerprint density at radius 1 is 1.27 bits per heavy atom. The van der Waals surface area contributed by atoms with Crippen LogP contribution >= 0.6 is 0 Å². The number of aromatic nitrogens is 1. The van der Waals surface area contributed by atoms with Crippen molar-refractivity contribution in [2.75, 3.05) is 18.9 Å². The summed E-state index contributed by atoms with van der Waals surface area (Å²) in [5.41, 5.74) is 3.75. The fraction of sp³-hybridized carbons (Fsp3) is 0.381. The molecule has 0 saturated heterocycles. The summed E-state index contributed by atoms with van der Waals surface area (Å²) in [4.78, 5) is 30.8. The lowest BCUT2D eigenvalue weighted by molar-refractivity contribution is -0.134. The van der Waals surface area contributed by atoms with Gasteiger partial charge in [-0.1, -0.05) is 30.3 Å². The third-order valence-electron chi connectivity index (χ3n) is 5.70. The lowest BCUT2D eigenvalue weighted by atomic mass is 9.95. The number of nitrogens with zero attached hydrogens (tertiary/aromatic N) is 2. The van der Waals surface area contributed by atoms with Crippen molar-refractivity contribution < 1.29 is 9.59 Å². The van der Waals surface area contributed by atoms with Crippen LogP contribution in [0.3, 0.4) is 0 Å². The van der Waals surface area contributed by atoms with Crippen LogP contribution in [-0.2, 0) is 21.4 Å². The van der Waals surface area contributed by atoms with Gasteiger partial charge in [0, 0.05) is 24.6 Å². The lowest BCUT2D eigenvalue weighted by Crippen LogP contribution is -2.37. The van der Waals surface area contributed by atoms with Crippen LogP contribution in [0.25, 0.3) is 0 Å². The van der Waals surface area contributed by atoms with Crippen LogP contribution < -0.4 is 5.32 Å². The molecule has 2 atom stereocenters. The van der Waals surface area contributed by atoms with E-state index in [9.17, 15) is 9.59 Å². The van der Waals surface area contributed by atoms with Crippen molar-refractivity contribution in [2.24, 2.45) is 5.92 Å². The molecular formula is C21H23N3O2. The van der Waals surface area contributed by atoms with E-state index in [1.54, 1.807) is 24.2 Å². The van der Waals surface area contributed by atoms with Gasteiger partial charge in [0.1, 0.15) is 5.82 Å². The van der Waals surface area contributed by atoms with Gasteiger partial charge in [-0.15, -0.1) is 0 Å². The predicted molar refractivity (Wildman–Crippen MR) is 99.8 cm³/mol. The van der Waals surface area contributed by atoms with E-state index < -0.39 is 0 Å². The van der Waals surface area contributed by atoms with E-state index in [-0.39, 0.29) is 29.7 Å². The Labute approximate surface area is 153 Å². The van der Waals surface area contributed by atoms with Gasteiger partial charge in [-0.2, -0.15) is 0 Å². The number of carbonyl (C=O) groups is 2. The molecule has 2 aliphatic rings. The molecule has 2 aliphatic carbocycles. The van der Waals surface area contributed by atoms with Gasteiger partial charge in [-0.05, 0) is 48.9 Å². The molecule has 1 spiro atoms. The van der Waals surface area contributed by atoms with Crippen LogP contribution in [0, 0.1) is 12.8 Å². The minimum Gasteiger partial charge on any atom is -0.336 e. The van der Waals surface area contributed by atoms with E-state index in [0.29, 0.717) is 5.82 Å². The highest BCUT2D eigenvalue weighted by Crippen LogP contribution is 2.61. The van der Waals surface area contributed by atoms with E-state index in [1.165, 1.54) is 11.1 Å². The Balaban J connectivity index is 1.37. The van der Waals surface area contributed by atoms with E-state index in [4.69, 9.17) is 0 Å². The quantitative estimate of drug-likeness (QED) is 0.923. The first kappa shape index (κ1) is 16.8. The Hall–Kier alpha value is -2.69. The highest BCUT2D eigenvalue weighted by molar-refractivity contribution is 5.95. The number of hydrogen-bond acceptors (Lipinski definition) is 3. The molecule has 1 N–H and O–H groups in total. The average molecular weight is 349 g/mol. The third-order valence-corrected chi connectivity index (χ3v) is 5.70. The van der Waals surface area contributed by atoms with Crippen LogP contribution in [-0.4, -0.2) is 35.3 Å². The van der Waals surface area contributed by atoms with E-state index in [2.05, 4.69) is 34.6 Å². The second-order valence-electron chi connectivity index (χ2n) is 7.53. The van der Waals surface area contributed by atoms with Crippen molar-refractivity contribution in [1.82, 2.24) is 9.88 Å². The van der Waals surface area contributed by atoms with E-state index >= 15 is 0 Å². The normalized spacial score (nSPS) is 22.8. The Bertz CT molecular complexity index is 862. The third kappa shape index (κ3) is 2.87. The first-order chi connectivity index (χ1) is 12.5. The molecule has 1 aromatic carbocycles. The largest absolute Gasteiger partial charge is 0.336 e. The number of aryl methyl sites for hydroxylation is 2. The minimum absolute atomic E-state index is 0.00134. The Morgan fingerprint density at radius 3 is 2.85 bits per heavy atom. The van der Waals surface area contributed by atoms with Crippen LogP contribution in [0.2, 0.25) is 0 Å². The van der Waals surface area contributed by atoms with Gasteiger partial charge in [-0.3, -0.25) is 9.59 Å². The number of hydrogen-bond donors (Lipinski definition) is 1. The number of amides is 2. The molecule has 0 bridgehead atoms. The summed E-state index contributed by atoms with van der Waals surface area (Å²) in [6, 6.07) is 12.1. The number of nitrogens with one attached hydrogen (secondary N) is 1. The van der Waals surface area contributed by atoms with Crippen molar-refractivity contribution in [3.8, 4) is 0 Å². The van der Waals surface area contributed by atoms with Crippen molar-refractivity contribution >= 4 is 17.6 Å². The van der Waals surface area contributed by atoms with Gasteiger partial charge >= 0.3 is 0 Å². The van der Waals surface area contributed by atoms with Gasteiger partial charge in [0.25, 0.3) is 0 Å². The molecule has 1 heterocycles. The zero-order valence-electron chi connectivity index (χ0n) is 15.2. The molecule has 1 saturated carbocycles. The summed E-state index contributed by atoms with van der Waals surface area (Å²) in [7, 11) is 1.71. The zero-order chi connectivity index (χ0) is 18.3. The number of anilines is 1. The highest BCUT2D eigenvalue weighted by Gasteiger charge is 2.61. The summed E-state index contributed by atoms with van der Waals surface area (Å²) in [5.74, 6) is 0.350. The molecule has 1 aromatic heterocycles. The average Bonchev–Trinajstić information content (AvgIpc) is 3.25. The molecule has 1 fully saturated rings. The van der Waals surface area contributed by atoms with E-state index in [1.807, 2.05) is 13.0 Å². The van der Waals surface area contributed by atoms with Crippen LogP contribution in [0.1, 0.15) is 29.5 Å². The van der Waals surface area contributed by atoms with E-state index in [0.717, 1.165) is 24.8 Å². The fourth-order valence-electron chi connectivity index (χ4n) is 4.20. The molecule has 4 rings (SSSR count). The summed E-state index contributed by atoms with van der Waals surface area (Å²) in [6.45, 7) is 1.99. The van der Waals surface area contributed by atoms with Crippen molar-refractivity contribution in [1.29, 1.82) is 0 Å². The van der Waals surface area contributed by atoms with Gasteiger partial charge in [-0.25, -0.2) is 4.98 Å². The number of fused-ring (bicyclic) bond motifs is 2. The molecule has 5 nitrogen and oxygen atoms in total. The standard InChI is InChI=1S/C21H23N3O2/c1-14-7-8-18(22-12-14)23-19(25)13-24(2)20(26)17-11-21(17)10-9-15-5-3-4-6-16(15)21/h3-8,12,17H,9-11,13H2,1-2H3,(H,22,23,25)/t17-,21+/m0/s1. The molecule has 2 amide bonds. The smallest absolute Gasteiger partial charge is 0.245 e. The zero-order valence-corrected chi connectivity index (χ0v) is 15.2. The van der Waals surface area contributed by atoms with Crippen LogP contribution in [0.15, 0.2) is 42.6 Å². The molecule has 134 valence electrons. The maximum atomic E-state index is 12.8. The summed E-state index contributed by atoms with van der Waals surface area (Å²) in [5, 5.41) is 2.75.